The molecule has 18 heavy (non-hydrogen) atoms. The number of rotatable bonds is 6. The summed E-state index contributed by atoms with van der Waals surface area (Å²) in [5.74, 6) is 0.590. The van der Waals surface area contributed by atoms with Crippen molar-refractivity contribution in [3.05, 3.63) is 29.8 Å². The highest BCUT2D eigenvalue weighted by atomic mass is 16.5. The lowest BCUT2D eigenvalue weighted by Gasteiger charge is -2.24. The van der Waals surface area contributed by atoms with Gasteiger partial charge in [-0.3, -0.25) is 4.79 Å². The van der Waals surface area contributed by atoms with Crippen LogP contribution in [0.4, 0.5) is 0 Å². The Morgan fingerprint density at radius 1 is 1.28 bits per heavy atom. The minimum absolute atomic E-state index is 0.195. The average Bonchev–Trinajstić information content (AvgIpc) is 2.37. The van der Waals surface area contributed by atoms with Crippen molar-refractivity contribution in [3.8, 4) is 5.75 Å². The predicted molar refractivity (Wildman–Crippen MR) is 70.5 cm³/mol. The molecule has 0 radical (unpaired) electrons. The Hall–Kier alpha value is -1.55. The van der Waals surface area contributed by atoms with Gasteiger partial charge in [0.05, 0.1) is 7.11 Å². The summed E-state index contributed by atoms with van der Waals surface area (Å²) in [6.45, 7) is 4.34. The number of hydrogen-bond acceptors (Lipinski definition) is 4. The first-order valence-corrected chi connectivity index (χ1v) is 6.02. The van der Waals surface area contributed by atoms with Gasteiger partial charge in [-0.25, -0.2) is 0 Å². The highest BCUT2D eigenvalue weighted by molar-refractivity contribution is 5.69. The van der Waals surface area contributed by atoms with Crippen molar-refractivity contribution >= 4 is 5.97 Å². The molecule has 2 N–H and O–H groups in total. The van der Waals surface area contributed by atoms with E-state index in [2.05, 4.69) is 4.74 Å². The summed E-state index contributed by atoms with van der Waals surface area (Å²) in [6, 6.07) is 7.68. The van der Waals surface area contributed by atoms with Crippen LogP contribution in [0.3, 0.4) is 0 Å². The molecule has 0 fully saturated rings. The van der Waals surface area contributed by atoms with E-state index in [1.54, 1.807) is 0 Å². The molecule has 4 nitrogen and oxygen atoms in total. The molecule has 0 saturated heterocycles. The smallest absolute Gasteiger partial charge is 0.305 e. The van der Waals surface area contributed by atoms with Gasteiger partial charge in [-0.15, -0.1) is 0 Å². The molecule has 0 bridgehead atoms. The van der Waals surface area contributed by atoms with Crippen LogP contribution in [0.15, 0.2) is 24.3 Å². The van der Waals surface area contributed by atoms with Crippen molar-refractivity contribution in [1.82, 2.24) is 0 Å². The fourth-order valence-corrected chi connectivity index (χ4v) is 1.43. The van der Waals surface area contributed by atoms with Gasteiger partial charge in [-0.2, -0.15) is 0 Å². The second-order valence-electron chi connectivity index (χ2n) is 4.79. The van der Waals surface area contributed by atoms with Crippen molar-refractivity contribution < 1.29 is 14.3 Å². The zero-order chi connectivity index (χ0) is 13.6. The zero-order valence-corrected chi connectivity index (χ0v) is 11.2. The Morgan fingerprint density at radius 3 is 2.39 bits per heavy atom. The van der Waals surface area contributed by atoms with E-state index in [1.807, 2.05) is 38.1 Å². The monoisotopic (exact) mass is 251 g/mol. The van der Waals surface area contributed by atoms with Crippen molar-refractivity contribution in [3.63, 3.8) is 0 Å². The van der Waals surface area contributed by atoms with Crippen molar-refractivity contribution in [1.29, 1.82) is 0 Å². The Bertz CT molecular complexity index is 385. The SMILES string of the molecule is COC(=O)CCc1ccc(OC(C)(C)CN)cc1. The fourth-order valence-electron chi connectivity index (χ4n) is 1.43. The standard InChI is InChI=1S/C14H21NO3/c1-14(2,10-15)18-12-7-4-11(5-8-12)6-9-13(16)17-3/h4-5,7-8H,6,9-10,15H2,1-3H3. The van der Waals surface area contributed by atoms with Crippen LogP contribution in [0, 0.1) is 0 Å². The molecule has 1 aromatic rings. The molecule has 0 unspecified atom stereocenters. The maximum Gasteiger partial charge on any atom is 0.305 e. The van der Waals surface area contributed by atoms with Crippen LogP contribution in [0.2, 0.25) is 0 Å². The summed E-state index contributed by atoms with van der Waals surface area (Å²) in [4.78, 5) is 11.0. The van der Waals surface area contributed by atoms with E-state index in [-0.39, 0.29) is 11.6 Å². The molecule has 4 heteroatoms. The van der Waals surface area contributed by atoms with Crippen LogP contribution in [0.5, 0.6) is 5.75 Å². The number of methoxy groups -OCH3 is 1. The number of carbonyl (C=O) groups excluding carboxylic acids is 1. The van der Waals surface area contributed by atoms with E-state index < -0.39 is 0 Å². The van der Waals surface area contributed by atoms with E-state index in [4.69, 9.17) is 10.5 Å². The Balaban J connectivity index is 2.55. The number of ether oxygens (including phenoxy) is 2. The summed E-state index contributed by atoms with van der Waals surface area (Å²) in [6.07, 6.45) is 1.07. The molecule has 0 aliphatic rings. The van der Waals surface area contributed by atoms with Crippen LogP contribution in [-0.4, -0.2) is 25.2 Å². The molecule has 0 heterocycles. The van der Waals surface area contributed by atoms with Crippen LogP contribution in [0.25, 0.3) is 0 Å². The van der Waals surface area contributed by atoms with E-state index in [0.29, 0.717) is 19.4 Å². The average molecular weight is 251 g/mol. The van der Waals surface area contributed by atoms with E-state index in [1.165, 1.54) is 7.11 Å². The van der Waals surface area contributed by atoms with Gasteiger partial charge in [0.15, 0.2) is 0 Å². The third-order valence-electron chi connectivity index (χ3n) is 2.65. The van der Waals surface area contributed by atoms with Gasteiger partial charge in [0.1, 0.15) is 11.4 Å². The molecular weight excluding hydrogens is 230 g/mol. The lowest BCUT2D eigenvalue weighted by molar-refractivity contribution is -0.140. The predicted octanol–water partition coefficient (Wildman–Crippen LogP) is 1.91. The third-order valence-corrected chi connectivity index (χ3v) is 2.65. The first-order chi connectivity index (χ1) is 8.46. The highest BCUT2D eigenvalue weighted by Crippen LogP contribution is 2.18. The Kier molecular flexibility index (Phi) is 5.16. The first kappa shape index (κ1) is 14.5. The number of hydrogen-bond donors (Lipinski definition) is 1. The minimum atomic E-state index is -0.368. The van der Waals surface area contributed by atoms with Gasteiger partial charge in [0, 0.05) is 13.0 Å². The van der Waals surface area contributed by atoms with Crippen molar-refractivity contribution in [2.75, 3.05) is 13.7 Å². The molecule has 0 aliphatic carbocycles. The van der Waals surface area contributed by atoms with Gasteiger partial charge in [-0.1, -0.05) is 12.1 Å². The van der Waals surface area contributed by atoms with E-state index in [9.17, 15) is 4.79 Å². The van der Waals surface area contributed by atoms with Crippen LogP contribution in [0.1, 0.15) is 25.8 Å². The Labute approximate surface area is 108 Å². The van der Waals surface area contributed by atoms with Gasteiger partial charge in [-0.05, 0) is 38.0 Å². The van der Waals surface area contributed by atoms with E-state index >= 15 is 0 Å². The lowest BCUT2D eigenvalue weighted by atomic mass is 10.1. The van der Waals surface area contributed by atoms with Crippen LogP contribution < -0.4 is 10.5 Å². The van der Waals surface area contributed by atoms with Gasteiger partial charge in [0.2, 0.25) is 0 Å². The summed E-state index contributed by atoms with van der Waals surface area (Å²) < 4.78 is 10.3. The number of nitrogens with two attached hydrogens (primary N) is 1. The fraction of sp³-hybridized carbons (Fsp3) is 0.500. The summed E-state index contributed by atoms with van der Waals surface area (Å²) >= 11 is 0. The largest absolute Gasteiger partial charge is 0.487 e. The molecule has 1 aromatic carbocycles. The molecule has 1 rings (SSSR count). The molecule has 100 valence electrons. The number of esters is 1. The molecule has 0 amide bonds. The zero-order valence-electron chi connectivity index (χ0n) is 11.2. The second kappa shape index (κ2) is 6.40. The van der Waals surface area contributed by atoms with Gasteiger partial charge in [0.25, 0.3) is 0 Å². The normalized spacial score (nSPS) is 11.1. The molecule has 0 saturated carbocycles. The summed E-state index contributed by atoms with van der Waals surface area (Å²) in [7, 11) is 1.40. The number of aryl methyl sites for hydroxylation is 1. The number of benzene rings is 1. The maximum absolute atomic E-state index is 11.0. The maximum atomic E-state index is 11.0. The van der Waals surface area contributed by atoms with Crippen molar-refractivity contribution in [2.24, 2.45) is 5.73 Å². The van der Waals surface area contributed by atoms with Gasteiger partial charge >= 0.3 is 5.97 Å². The Morgan fingerprint density at radius 2 is 1.89 bits per heavy atom. The molecule has 0 atom stereocenters. The van der Waals surface area contributed by atoms with Crippen LogP contribution in [-0.2, 0) is 16.0 Å². The topological polar surface area (TPSA) is 61.5 Å². The molecule has 0 aliphatic heterocycles. The molecular formula is C14H21NO3. The van der Waals surface area contributed by atoms with Crippen LogP contribution >= 0.6 is 0 Å². The quantitative estimate of drug-likeness (QED) is 0.784. The number of carbonyl (C=O) groups is 1. The third kappa shape index (κ3) is 4.75. The van der Waals surface area contributed by atoms with Gasteiger partial charge < -0.3 is 15.2 Å². The first-order valence-electron chi connectivity index (χ1n) is 6.02. The molecule has 0 spiro atoms. The highest BCUT2D eigenvalue weighted by Gasteiger charge is 2.16. The minimum Gasteiger partial charge on any atom is -0.487 e. The summed E-state index contributed by atoms with van der Waals surface area (Å²) in [5.41, 5.74) is 6.32. The summed E-state index contributed by atoms with van der Waals surface area (Å²) in [5, 5.41) is 0. The van der Waals surface area contributed by atoms with Crippen molar-refractivity contribution in [2.45, 2.75) is 32.3 Å². The second-order valence-corrected chi connectivity index (χ2v) is 4.79. The lowest BCUT2D eigenvalue weighted by Crippen LogP contribution is -2.37. The molecule has 0 aromatic heterocycles. The van der Waals surface area contributed by atoms with E-state index in [0.717, 1.165) is 11.3 Å².